The average molecular weight is 204 g/mol. The summed E-state index contributed by atoms with van der Waals surface area (Å²) in [7, 11) is 0. The summed E-state index contributed by atoms with van der Waals surface area (Å²) in [5.74, 6) is 1.53. The fraction of sp³-hybridized carbons (Fsp3) is 0.100. The molecule has 0 spiro atoms. The van der Waals surface area contributed by atoms with Gasteiger partial charge in [-0.05, 0) is 24.3 Å². The Morgan fingerprint density at radius 3 is 2.79 bits per heavy atom. The maximum Gasteiger partial charge on any atom is 0.144 e. The molecular weight excluding hydrogens is 196 g/mol. The monoisotopic (exact) mass is 204 g/mol. The van der Waals surface area contributed by atoms with E-state index in [1.54, 1.807) is 6.07 Å². The summed E-state index contributed by atoms with van der Waals surface area (Å²) in [6.07, 6.45) is 0. The van der Waals surface area contributed by atoms with Crippen LogP contribution in [0, 0.1) is 11.3 Å². The lowest BCUT2D eigenvalue weighted by Crippen LogP contribution is -1.92. The second kappa shape index (κ2) is 3.66. The van der Waals surface area contributed by atoms with Crippen molar-refractivity contribution in [2.45, 2.75) is 6.54 Å². The Labute approximate surface area is 85.4 Å². The molecule has 14 heavy (non-hydrogen) atoms. The number of thiophene rings is 1. The van der Waals surface area contributed by atoms with E-state index in [1.165, 1.54) is 11.3 Å². The van der Waals surface area contributed by atoms with Gasteiger partial charge in [0.15, 0.2) is 0 Å². The van der Waals surface area contributed by atoms with E-state index in [4.69, 9.17) is 15.4 Å². The van der Waals surface area contributed by atoms with Crippen LogP contribution in [0.5, 0.6) is 0 Å². The van der Waals surface area contributed by atoms with Crippen molar-refractivity contribution in [3.63, 3.8) is 0 Å². The summed E-state index contributed by atoms with van der Waals surface area (Å²) in [5.41, 5.74) is 5.43. The van der Waals surface area contributed by atoms with Crippen LogP contribution in [-0.2, 0) is 6.54 Å². The molecule has 0 unspecified atom stereocenters. The summed E-state index contributed by atoms with van der Waals surface area (Å²) in [5, 5.41) is 8.66. The first-order chi connectivity index (χ1) is 6.83. The summed E-state index contributed by atoms with van der Waals surface area (Å²) in [4.78, 5) is 1.65. The van der Waals surface area contributed by atoms with Gasteiger partial charge in [0.05, 0.1) is 11.4 Å². The first kappa shape index (κ1) is 9.00. The van der Waals surface area contributed by atoms with Gasteiger partial charge in [-0.25, -0.2) is 0 Å². The van der Waals surface area contributed by atoms with Gasteiger partial charge in [0.25, 0.3) is 0 Å². The summed E-state index contributed by atoms with van der Waals surface area (Å²) < 4.78 is 5.45. The molecule has 4 heteroatoms. The van der Waals surface area contributed by atoms with Crippen LogP contribution in [0.15, 0.2) is 28.7 Å². The summed E-state index contributed by atoms with van der Waals surface area (Å²) in [6, 6.07) is 9.47. The molecule has 2 rings (SSSR count). The molecule has 0 bridgehead atoms. The number of nitrogens with two attached hydrogens (primary N) is 1. The van der Waals surface area contributed by atoms with E-state index in [0.29, 0.717) is 11.4 Å². The molecule has 0 radical (unpaired) electrons. The van der Waals surface area contributed by atoms with Crippen LogP contribution in [-0.4, -0.2) is 0 Å². The molecule has 0 amide bonds. The van der Waals surface area contributed by atoms with Crippen LogP contribution in [0.4, 0.5) is 0 Å². The zero-order valence-electron chi connectivity index (χ0n) is 7.36. The Kier molecular flexibility index (Phi) is 2.35. The van der Waals surface area contributed by atoms with Gasteiger partial charge >= 0.3 is 0 Å². The maximum absolute atomic E-state index is 8.66. The predicted octanol–water partition coefficient (Wildman–Crippen LogP) is 2.34. The molecule has 0 saturated heterocycles. The first-order valence-corrected chi connectivity index (χ1v) is 4.94. The van der Waals surface area contributed by atoms with Gasteiger partial charge in [-0.1, -0.05) is 0 Å². The highest BCUT2D eigenvalue weighted by molar-refractivity contribution is 7.15. The SMILES string of the molecule is N#Cc1ccc(-c2ccc(CN)o2)s1. The van der Waals surface area contributed by atoms with E-state index in [0.717, 1.165) is 16.4 Å². The Morgan fingerprint density at radius 2 is 2.21 bits per heavy atom. The van der Waals surface area contributed by atoms with Gasteiger partial charge in [-0.2, -0.15) is 5.26 Å². The number of nitriles is 1. The highest BCUT2D eigenvalue weighted by atomic mass is 32.1. The maximum atomic E-state index is 8.66. The van der Waals surface area contributed by atoms with Gasteiger partial charge in [-0.3, -0.25) is 0 Å². The van der Waals surface area contributed by atoms with E-state index in [9.17, 15) is 0 Å². The summed E-state index contributed by atoms with van der Waals surface area (Å²) >= 11 is 1.41. The van der Waals surface area contributed by atoms with Crippen LogP contribution in [0.2, 0.25) is 0 Å². The third kappa shape index (κ3) is 1.55. The van der Waals surface area contributed by atoms with E-state index in [2.05, 4.69) is 6.07 Å². The molecule has 0 atom stereocenters. The standard InChI is InChI=1S/C10H8N2OS/c11-5-7-1-3-9(13-7)10-4-2-8(6-12)14-10/h1-4H,5,11H2. The molecule has 2 aromatic heterocycles. The first-order valence-electron chi connectivity index (χ1n) is 4.12. The Hall–Kier alpha value is -1.57. The normalized spacial score (nSPS) is 10.0. The predicted molar refractivity (Wildman–Crippen MR) is 54.6 cm³/mol. The van der Waals surface area contributed by atoms with Crippen molar-refractivity contribution < 1.29 is 4.42 Å². The second-order valence-electron chi connectivity index (χ2n) is 2.75. The van der Waals surface area contributed by atoms with Gasteiger partial charge < -0.3 is 10.2 Å². The van der Waals surface area contributed by atoms with Crippen LogP contribution in [0.3, 0.4) is 0 Å². The zero-order chi connectivity index (χ0) is 9.97. The molecular formula is C10H8N2OS. The van der Waals surface area contributed by atoms with E-state index in [-0.39, 0.29) is 0 Å². The van der Waals surface area contributed by atoms with Crippen LogP contribution in [0.25, 0.3) is 10.6 Å². The minimum Gasteiger partial charge on any atom is -0.459 e. The van der Waals surface area contributed by atoms with Crippen molar-refractivity contribution in [3.8, 4) is 16.7 Å². The van der Waals surface area contributed by atoms with E-state index < -0.39 is 0 Å². The van der Waals surface area contributed by atoms with E-state index in [1.807, 2.05) is 18.2 Å². The molecule has 0 aliphatic rings. The van der Waals surface area contributed by atoms with Crippen LogP contribution >= 0.6 is 11.3 Å². The zero-order valence-corrected chi connectivity index (χ0v) is 8.17. The molecule has 0 aromatic carbocycles. The molecule has 0 aliphatic carbocycles. The van der Waals surface area contributed by atoms with Gasteiger partial charge in [-0.15, -0.1) is 11.3 Å². The third-order valence-electron chi connectivity index (χ3n) is 1.82. The fourth-order valence-electron chi connectivity index (χ4n) is 1.15. The fourth-order valence-corrected chi connectivity index (χ4v) is 1.92. The highest BCUT2D eigenvalue weighted by Gasteiger charge is 2.06. The Morgan fingerprint density at radius 1 is 1.36 bits per heavy atom. The van der Waals surface area contributed by atoms with Gasteiger partial charge in [0, 0.05) is 0 Å². The lowest BCUT2D eigenvalue weighted by molar-refractivity contribution is 0.526. The topological polar surface area (TPSA) is 63.0 Å². The lowest BCUT2D eigenvalue weighted by atomic mass is 10.3. The molecule has 70 valence electrons. The molecule has 0 fully saturated rings. The number of hydrogen-bond donors (Lipinski definition) is 1. The molecule has 2 N–H and O–H groups in total. The minimum atomic E-state index is 0.399. The van der Waals surface area contributed by atoms with Gasteiger partial charge in [0.1, 0.15) is 22.5 Å². The van der Waals surface area contributed by atoms with Gasteiger partial charge in [0.2, 0.25) is 0 Å². The number of nitrogens with zero attached hydrogens (tertiary/aromatic N) is 1. The number of rotatable bonds is 2. The lowest BCUT2D eigenvalue weighted by Gasteiger charge is -1.89. The third-order valence-corrected chi connectivity index (χ3v) is 2.83. The summed E-state index contributed by atoms with van der Waals surface area (Å²) in [6.45, 7) is 0.399. The number of furan rings is 1. The van der Waals surface area contributed by atoms with Crippen molar-refractivity contribution >= 4 is 11.3 Å². The Bertz CT molecular complexity index is 478. The average Bonchev–Trinajstić information content (AvgIpc) is 2.86. The number of hydrogen-bond acceptors (Lipinski definition) is 4. The molecule has 3 nitrogen and oxygen atoms in total. The molecule has 2 aromatic rings. The van der Waals surface area contributed by atoms with Crippen molar-refractivity contribution in [2.24, 2.45) is 5.73 Å². The highest BCUT2D eigenvalue weighted by Crippen LogP contribution is 2.28. The van der Waals surface area contributed by atoms with E-state index >= 15 is 0 Å². The molecule has 2 heterocycles. The molecule has 0 aliphatic heterocycles. The van der Waals surface area contributed by atoms with Crippen molar-refractivity contribution in [2.75, 3.05) is 0 Å². The molecule has 0 saturated carbocycles. The smallest absolute Gasteiger partial charge is 0.144 e. The Balaban J connectivity index is 2.35. The minimum absolute atomic E-state index is 0.399. The quantitative estimate of drug-likeness (QED) is 0.816. The van der Waals surface area contributed by atoms with Crippen LogP contribution in [0.1, 0.15) is 10.6 Å². The van der Waals surface area contributed by atoms with Crippen LogP contribution < -0.4 is 5.73 Å². The largest absolute Gasteiger partial charge is 0.459 e. The van der Waals surface area contributed by atoms with Crippen molar-refractivity contribution in [1.82, 2.24) is 0 Å². The second-order valence-corrected chi connectivity index (χ2v) is 3.83. The van der Waals surface area contributed by atoms with Crippen molar-refractivity contribution in [3.05, 3.63) is 34.9 Å². The van der Waals surface area contributed by atoms with Crippen molar-refractivity contribution in [1.29, 1.82) is 5.26 Å².